The standard InChI is InChI=1S/C12H20N6O/c1-8(2)9(7-17(3)4)13-10-5-6-11-14-15-12(19)18(11)16-10/h5-6,8-9H,7H2,1-4H3,(H,13,16)(H,15,19). The van der Waals surface area contributed by atoms with E-state index in [1.54, 1.807) is 6.07 Å². The number of likely N-dealkylation sites (N-methyl/N-ethyl adjacent to an activating group) is 1. The molecule has 0 spiro atoms. The van der Waals surface area contributed by atoms with Crippen LogP contribution in [0.4, 0.5) is 5.82 Å². The molecule has 0 saturated carbocycles. The molecule has 19 heavy (non-hydrogen) atoms. The maximum absolute atomic E-state index is 11.5. The summed E-state index contributed by atoms with van der Waals surface area (Å²) in [5.41, 5.74) is 0.191. The fraction of sp³-hybridized carbons (Fsp3) is 0.583. The number of anilines is 1. The van der Waals surface area contributed by atoms with Gasteiger partial charge in [-0.25, -0.2) is 9.89 Å². The Balaban J connectivity index is 2.23. The highest BCUT2D eigenvalue weighted by Gasteiger charge is 2.15. The van der Waals surface area contributed by atoms with Crippen LogP contribution in [0.15, 0.2) is 16.9 Å². The summed E-state index contributed by atoms with van der Waals surface area (Å²) in [5, 5.41) is 13.8. The van der Waals surface area contributed by atoms with Crippen LogP contribution >= 0.6 is 0 Å². The van der Waals surface area contributed by atoms with Crippen LogP contribution in [-0.4, -0.2) is 51.4 Å². The summed E-state index contributed by atoms with van der Waals surface area (Å²) >= 11 is 0. The maximum atomic E-state index is 11.5. The molecule has 0 aromatic carbocycles. The molecule has 0 amide bonds. The van der Waals surface area contributed by atoms with Crippen molar-refractivity contribution in [2.75, 3.05) is 26.0 Å². The monoisotopic (exact) mass is 264 g/mol. The van der Waals surface area contributed by atoms with Crippen LogP contribution in [0.25, 0.3) is 5.65 Å². The fourth-order valence-electron chi connectivity index (χ4n) is 1.89. The van der Waals surface area contributed by atoms with Crippen LogP contribution in [0.5, 0.6) is 0 Å². The smallest absolute Gasteiger partial charge is 0.364 e. The zero-order valence-electron chi connectivity index (χ0n) is 11.7. The summed E-state index contributed by atoms with van der Waals surface area (Å²) in [5.74, 6) is 1.14. The number of nitrogens with one attached hydrogen (secondary N) is 2. The van der Waals surface area contributed by atoms with E-state index in [1.807, 2.05) is 20.2 Å². The first kappa shape index (κ1) is 13.5. The van der Waals surface area contributed by atoms with Crippen molar-refractivity contribution < 1.29 is 0 Å². The van der Waals surface area contributed by atoms with Crippen molar-refractivity contribution in [3.63, 3.8) is 0 Å². The molecular formula is C12H20N6O. The number of aromatic nitrogens is 4. The van der Waals surface area contributed by atoms with Gasteiger partial charge in [0.25, 0.3) is 0 Å². The number of hydrogen-bond acceptors (Lipinski definition) is 5. The first-order valence-corrected chi connectivity index (χ1v) is 6.33. The van der Waals surface area contributed by atoms with Crippen LogP contribution < -0.4 is 11.0 Å². The van der Waals surface area contributed by atoms with E-state index in [0.29, 0.717) is 17.4 Å². The molecule has 2 aromatic heterocycles. The van der Waals surface area contributed by atoms with E-state index in [9.17, 15) is 4.79 Å². The minimum atomic E-state index is -0.327. The molecule has 0 saturated heterocycles. The molecule has 2 rings (SSSR count). The van der Waals surface area contributed by atoms with Crippen LogP contribution in [0, 0.1) is 5.92 Å². The number of H-pyrrole nitrogens is 1. The molecule has 0 aliphatic rings. The van der Waals surface area contributed by atoms with Gasteiger partial charge in [-0.05, 0) is 32.1 Å². The first-order valence-electron chi connectivity index (χ1n) is 6.33. The third-order valence-corrected chi connectivity index (χ3v) is 2.97. The largest absolute Gasteiger partial charge is 0.364 e. The van der Waals surface area contributed by atoms with E-state index in [-0.39, 0.29) is 11.7 Å². The zero-order valence-corrected chi connectivity index (χ0v) is 11.7. The molecular weight excluding hydrogens is 244 g/mol. The van der Waals surface area contributed by atoms with E-state index in [0.717, 1.165) is 6.54 Å². The van der Waals surface area contributed by atoms with Crippen molar-refractivity contribution in [2.24, 2.45) is 5.92 Å². The van der Waals surface area contributed by atoms with Crippen molar-refractivity contribution in [1.82, 2.24) is 24.7 Å². The Bertz CT molecular complexity index is 600. The first-order chi connectivity index (χ1) is 8.97. The molecule has 1 atom stereocenters. The molecule has 0 radical (unpaired) electrons. The van der Waals surface area contributed by atoms with Gasteiger partial charge >= 0.3 is 5.69 Å². The van der Waals surface area contributed by atoms with Gasteiger partial charge in [0, 0.05) is 12.6 Å². The van der Waals surface area contributed by atoms with E-state index in [4.69, 9.17) is 0 Å². The predicted molar refractivity (Wildman–Crippen MR) is 74.4 cm³/mol. The second-order valence-electron chi connectivity index (χ2n) is 5.27. The van der Waals surface area contributed by atoms with Crippen molar-refractivity contribution >= 4 is 11.5 Å². The Kier molecular flexibility index (Phi) is 3.84. The van der Waals surface area contributed by atoms with E-state index >= 15 is 0 Å². The SMILES string of the molecule is CC(C)C(CN(C)C)Nc1ccc2n[nH]c(=O)n2n1. The summed E-state index contributed by atoms with van der Waals surface area (Å²) in [6.07, 6.45) is 0. The molecule has 0 bridgehead atoms. The van der Waals surface area contributed by atoms with Crippen LogP contribution in [-0.2, 0) is 0 Å². The van der Waals surface area contributed by atoms with Gasteiger partial charge < -0.3 is 10.2 Å². The minimum absolute atomic E-state index is 0.266. The molecule has 1 unspecified atom stereocenters. The van der Waals surface area contributed by atoms with Crippen LogP contribution in [0.2, 0.25) is 0 Å². The van der Waals surface area contributed by atoms with Gasteiger partial charge in [-0.15, -0.1) is 5.10 Å². The second-order valence-corrected chi connectivity index (χ2v) is 5.27. The summed E-state index contributed by atoms with van der Waals surface area (Å²) in [7, 11) is 4.07. The van der Waals surface area contributed by atoms with Gasteiger partial charge in [0.1, 0.15) is 5.82 Å². The van der Waals surface area contributed by atoms with E-state index in [2.05, 4.69) is 39.4 Å². The highest BCUT2D eigenvalue weighted by Crippen LogP contribution is 2.11. The van der Waals surface area contributed by atoms with Gasteiger partial charge in [-0.2, -0.15) is 9.61 Å². The van der Waals surface area contributed by atoms with E-state index < -0.39 is 0 Å². The zero-order chi connectivity index (χ0) is 14.0. The number of fused-ring (bicyclic) bond motifs is 1. The molecule has 7 heteroatoms. The Morgan fingerprint density at radius 1 is 1.42 bits per heavy atom. The summed E-state index contributed by atoms with van der Waals surface area (Å²) < 4.78 is 1.26. The van der Waals surface area contributed by atoms with E-state index in [1.165, 1.54) is 4.52 Å². The number of rotatable bonds is 5. The normalized spacial score (nSPS) is 13.4. The van der Waals surface area contributed by atoms with Gasteiger partial charge in [0.2, 0.25) is 0 Å². The highest BCUT2D eigenvalue weighted by atomic mass is 16.2. The van der Waals surface area contributed by atoms with Gasteiger partial charge in [-0.3, -0.25) is 0 Å². The molecule has 2 heterocycles. The average Bonchev–Trinajstić information content (AvgIpc) is 2.69. The highest BCUT2D eigenvalue weighted by molar-refractivity contribution is 5.43. The molecule has 2 N–H and O–H groups in total. The third-order valence-electron chi connectivity index (χ3n) is 2.97. The van der Waals surface area contributed by atoms with Gasteiger partial charge in [0.15, 0.2) is 5.65 Å². The van der Waals surface area contributed by atoms with Crippen molar-refractivity contribution in [3.05, 3.63) is 22.6 Å². The van der Waals surface area contributed by atoms with Crippen molar-refractivity contribution in [3.8, 4) is 0 Å². The Morgan fingerprint density at radius 2 is 2.16 bits per heavy atom. The quantitative estimate of drug-likeness (QED) is 0.818. The number of hydrogen-bond donors (Lipinski definition) is 2. The summed E-state index contributed by atoms with van der Waals surface area (Å²) in [6.45, 7) is 5.21. The minimum Gasteiger partial charge on any atom is -0.364 e. The molecule has 0 fully saturated rings. The topological polar surface area (TPSA) is 78.3 Å². The summed E-state index contributed by atoms with van der Waals surface area (Å²) in [4.78, 5) is 13.6. The lowest BCUT2D eigenvalue weighted by atomic mass is 10.0. The third kappa shape index (κ3) is 3.11. The molecule has 0 aliphatic heterocycles. The molecule has 2 aromatic rings. The molecule has 0 aliphatic carbocycles. The molecule has 7 nitrogen and oxygen atoms in total. The Hall–Kier alpha value is -1.89. The lowest BCUT2D eigenvalue weighted by Gasteiger charge is -2.25. The van der Waals surface area contributed by atoms with Crippen LogP contribution in [0.1, 0.15) is 13.8 Å². The Morgan fingerprint density at radius 3 is 2.79 bits per heavy atom. The maximum Gasteiger partial charge on any atom is 0.364 e. The fourth-order valence-corrected chi connectivity index (χ4v) is 1.89. The molecule has 104 valence electrons. The summed E-state index contributed by atoms with van der Waals surface area (Å²) in [6, 6.07) is 3.86. The van der Waals surface area contributed by atoms with Gasteiger partial charge in [-0.1, -0.05) is 13.8 Å². The predicted octanol–water partition coefficient (Wildman–Crippen LogP) is 0.416. The Labute approximate surface area is 111 Å². The average molecular weight is 264 g/mol. The van der Waals surface area contributed by atoms with Gasteiger partial charge in [0.05, 0.1) is 0 Å². The lowest BCUT2D eigenvalue weighted by molar-refractivity contribution is 0.344. The van der Waals surface area contributed by atoms with Crippen molar-refractivity contribution in [1.29, 1.82) is 0 Å². The second kappa shape index (κ2) is 5.40. The number of aromatic amines is 1. The number of nitrogens with zero attached hydrogens (tertiary/aromatic N) is 4. The van der Waals surface area contributed by atoms with Crippen LogP contribution in [0.3, 0.4) is 0 Å². The van der Waals surface area contributed by atoms with Crippen molar-refractivity contribution in [2.45, 2.75) is 19.9 Å². The lowest BCUT2D eigenvalue weighted by Crippen LogP contribution is -2.36.